The molecule has 0 radical (unpaired) electrons. The Hall–Kier alpha value is -3.60. The van der Waals surface area contributed by atoms with Crippen molar-refractivity contribution in [3.8, 4) is 17.0 Å². The zero-order valence-electron chi connectivity index (χ0n) is 15.1. The third-order valence-electron chi connectivity index (χ3n) is 4.72. The summed E-state index contributed by atoms with van der Waals surface area (Å²) < 4.78 is 0. The van der Waals surface area contributed by atoms with E-state index in [9.17, 15) is 9.90 Å². The first kappa shape index (κ1) is 16.8. The van der Waals surface area contributed by atoms with E-state index >= 15 is 0 Å². The molecule has 1 aromatic heterocycles. The molecule has 0 saturated heterocycles. The predicted molar refractivity (Wildman–Crippen MR) is 107 cm³/mol. The Morgan fingerprint density at radius 1 is 0.963 bits per heavy atom. The van der Waals surface area contributed by atoms with Crippen LogP contribution < -0.4 is 5.32 Å². The van der Waals surface area contributed by atoms with Gasteiger partial charge in [0, 0.05) is 11.3 Å². The summed E-state index contributed by atoms with van der Waals surface area (Å²) in [7, 11) is 0. The van der Waals surface area contributed by atoms with Crippen LogP contribution in [0.5, 0.6) is 5.75 Å². The molecule has 0 saturated carbocycles. The van der Waals surface area contributed by atoms with Gasteiger partial charge in [-0.3, -0.25) is 9.89 Å². The number of fused-ring (bicyclic) bond motifs is 1. The minimum Gasteiger partial charge on any atom is -0.507 e. The van der Waals surface area contributed by atoms with Gasteiger partial charge in [-0.25, -0.2) is 0 Å². The van der Waals surface area contributed by atoms with Crippen LogP contribution in [0.3, 0.4) is 0 Å². The van der Waals surface area contributed by atoms with Crippen LogP contribution in [0, 0.1) is 13.8 Å². The van der Waals surface area contributed by atoms with Crippen LogP contribution in [-0.4, -0.2) is 21.2 Å². The standard InChI is InChI=1S/C22H19N3O2/c1-13-9-18(21(26)10-14(13)2)19-12-20(25-24-19)22(27)23-17-8-7-15-5-3-4-6-16(15)11-17/h3-12,26H,1-2H3,(H,23,27)(H,24,25). The van der Waals surface area contributed by atoms with Crippen molar-refractivity contribution >= 4 is 22.4 Å². The van der Waals surface area contributed by atoms with Crippen LogP contribution in [0.15, 0.2) is 60.7 Å². The van der Waals surface area contributed by atoms with Gasteiger partial charge in [-0.15, -0.1) is 0 Å². The second-order valence-corrected chi connectivity index (χ2v) is 6.64. The summed E-state index contributed by atoms with van der Waals surface area (Å²) in [5.74, 6) is -0.140. The number of carbonyl (C=O) groups excluding carboxylic acids is 1. The molecule has 0 aliphatic carbocycles. The average molecular weight is 357 g/mol. The number of phenolic OH excluding ortho intramolecular Hbond substituents is 1. The molecule has 0 unspecified atom stereocenters. The number of anilines is 1. The minimum atomic E-state index is -0.285. The number of carbonyl (C=O) groups is 1. The molecule has 1 amide bonds. The Bertz CT molecular complexity index is 1160. The summed E-state index contributed by atoms with van der Waals surface area (Å²) in [5, 5.41) is 22.2. The lowest BCUT2D eigenvalue weighted by atomic mass is 10.0. The number of rotatable bonds is 3. The van der Waals surface area contributed by atoms with E-state index in [-0.39, 0.29) is 11.7 Å². The Labute approximate surface area is 156 Å². The lowest BCUT2D eigenvalue weighted by Crippen LogP contribution is -2.12. The minimum absolute atomic E-state index is 0.145. The van der Waals surface area contributed by atoms with E-state index in [4.69, 9.17) is 0 Å². The quantitative estimate of drug-likeness (QED) is 0.493. The van der Waals surface area contributed by atoms with E-state index in [0.717, 1.165) is 21.9 Å². The van der Waals surface area contributed by atoms with E-state index in [0.29, 0.717) is 22.6 Å². The molecule has 0 atom stereocenters. The van der Waals surface area contributed by atoms with Crippen molar-refractivity contribution in [2.24, 2.45) is 0 Å². The number of H-pyrrole nitrogens is 1. The third-order valence-corrected chi connectivity index (χ3v) is 4.72. The van der Waals surface area contributed by atoms with Gasteiger partial charge in [0.25, 0.3) is 5.91 Å². The zero-order valence-corrected chi connectivity index (χ0v) is 15.1. The molecular weight excluding hydrogens is 338 g/mol. The molecule has 134 valence electrons. The highest BCUT2D eigenvalue weighted by atomic mass is 16.3. The highest BCUT2D eigenvalue weighted by molar-refractivity contribution is 6.04. The molecular formula is C22H19N3O2. The largest absolute Gasteiger partial charge is 0.507 e. The first-order valence-corrected chi connectivity index (χ1v) is 8.67. The van der Waals surface area contributed by atoms with Gasteiger partial charge in [0.15, 0.2) is 0 Å². The van der Waals surface area contributed by atoms with E-state index in [1.807, 2.05) is 62.4 Å². The molecule has 3 N–H and O–H groups in total. The van der Waals surface area contributed by atoms with Gasteiger partial charge in [0.05, 0.1) is 5.69 Å². The summed E-state index contributed by atoms with van der Waals surface area (Å²) in [5.41, 5.74) is 4.21. The third kappa shape index (κ3) is 3.27. The molecule has 5 nitrogen and oxygen atoms in total. The summed E-state index contributed by atoms with van der Waals surface area (Å²) >= 11 is 0. The Kier molecular flexibility index (Phi) is 4.12. The smallest absolute Gasteiger partial charge is 0.273 e. The molecule has 0 fully saturated rings. The zero-order chi connectivity index (χ0) is 19.0. The fraction of sp³-hybridized carbons (Fsp3) is 0.0909. The van der Waals surface area contributed by atoms with E-state index in [1.165, 1.54) is 0 Å². The van der Waals surface area contributed by atoms with Gasteiger partial charge in [0.2, 0.25) is 0 Å². The molecule has 0 aliphatic heterocycles. The topological polar surface area (TPSA) is 78.0 Å². The fourth-order valence-electron chi connectivity index (χ4n) is 3.05. The number of benzene rings is 3. The lowest BCUT2D eigenvalue weighted by Gasteiger charge is -2.06. The number of aromatic nitrogens is 2. The van der Waals surface area contributed by atoms with E-state index in [2.05, 4.69) is 15.5 Å². The van der Waals surface area contributed by atoms with Gasteiger partial charge in [-0.1, -0.05) is 30.3 Å². The molecule has 1 heterocycles. The van der Waals surface area contributed by atoms with Crippen LogP contribution >= 0.6 is 0 Å². The summed E-state index contributed by atoms with van der Waals surface area (Å²) in [4.78, 5) is 12.6. The van der Waals surface area contributed by atoms with Crippen molar-refractivity contribution in [1.29, 1.82) is 0 Å². The maximum atomic E-state index is 12.6. The van der Waals surface area contributed by atoms with Crippen molar-refractivity contribution in [1.82, 2.24) is 10.2 Å². The maximum absolute atomic E-state index is 12.6. The molecule has 0 spiro atoms. The Balaban J connectivity index is 1.59. The summed E-state index contributed by atoms with van der Waals surface area (Å²) in [6.45, 7) is 3.91. The predicted octanol–water partition coefficient (Wildman–Crippen LogP) is 4.80. The summed E-state index contributed by atoms with van der Waals surface area (Å²) in [6, 6.07) is 18.9. The average Bonchev–Trinajstić information content (AvgIpc) is 3.14. The van der Waals surface area contributed by atoms with Crippen molar-refractivity contribution in [2.75, 3.05) is 5.32 Å². The van der Waals surface area contributed by atoms with Crippen LogP contribution in [0.2, 0.25) is 0 Å². The summed E-state index contributed by atoms with van der Waals surface area (Å²) in [6.07, 6.45) is 0. The van der Waals surface area contributed by atoms with Gasteiger partial charge in [0.1, 0.15) is 11.4 Å². The van der Waals surface area contributed by atoms with Crippen LogP contribution in [0.4, 0.5) is 5.69 Å². The number of aromatic amines is 1. The van der Waals surface area contributed by atoms with Gasteiger partial charge >= 0.3 is 0 Å². The van der Waals surface area contributed by atoms with E-state index < -0.39 is 0 Å². The number of hydrogen-bond donors (Lipinski definition) is 3. The van der Waals surface area contributed by atoms with Crippen molar-refractivity contribution in [2.45, 2.75) is 13.8 Å². The first-order valence-electron chi connectivity index (χ1n) is 8.67. The van der Waals surface area contributed by atoms with Gasteiger partial charge < -0.3 is 10.4 Å². The maximum Gasteiger partial charge on any atom is 0.273 e. The molecule has 3 aromatic carbocycles. The molecule has 4 rings (SSSR count). The number of nitrogens with zero attached hydrogens (tertiary/aromatic N) is 1. The van der Waals surface area contributed by atoms with Gasteiger partial charge in [-0.2, -0.15) is 5.10 Å². The Morgan fingerprint density at radius 3 is 2.52 bits per heavy atom. The lowest BCUT2D eigenvalue weighted by molar-refractivity contribution is 0.102. The number of nitrogens with one attached hydrogen (secondary N) is 2. The monoisotopic (exact) mass is 357 g/mol. The molecule has 27 heavy (non-hydrogen) atoms. The second kappa shape index (κ2) is 6.61. The van der Waals surface area contributed by atoms with Crippen LogP contribution in [-0.2, 0) is 0 Å². The van der Waals surface area contributed by atoms with E-state index in [1.54, 1.807) is 12.1 Å². The van der Waals surface area contributed by atoms with Crippen molar-refractivity contribution in [3.05, 3.63) is 77.5 Å². The van der Waals surface area contributed by atoms with Crippen molar-refractivity contribution in [3.63, 3.8) is 0 Å². The molecule has 5 heteroatoms. The number of hydrogen-bond acceptors (Lipinski definition) is 3. The van der Waals surface area contributed by atoms with Crippen LogP contribution in [0.1, 0.15) is 21.6 Å². The molecule has 0 aliphatic rings. The highest BCUT2D eigenvalue weighted by Gasteiger charge is 2.14. The number of phenols is 1. The first-order chi connectivity index (χ1) is 13.0. The normalized spacial score (nSPS) is 10.9. The Morgan fingerprint density at radius 2 is 1.70 bits per heavy atom. The van der Waals surface area contributed by atoms with Crippen LogP contribution in [0.25, 0.3) is 22.0 Å². The SMILES string of the molecule is Cc1cc(O)c(-c2cc(C(=O)Nc3ccc4ccccc4c3)[nH]n2)cc1C. The highest BCUT2D eigenvalue weighted by Crippen LogP contribution is 2.31. The molecule has 0 bridgehead atoms. The molecule has 4 aromatic rings. The fourth-order valence-corrected chi connectivity index (χ4v) is 3.05. The van der Waals surface area contributed by atoms with Gasteiger partial charge in [-0.05, 0) is 66.1 Å². The number of aryl methyl sites for hydroxylation is 2. The number of aromatic hydroxyl groups is 1. The number of amides is 1. The second-order valence-electron chi connectivity index (χ2n) is 6.64. The van der Waals surface area contributed by atoms with Crippen molar-refractivity contribution < 1.29 is 9.90 Å².